The summed E-state index contributed by atoms with van der Waals surface area (Å²) in [5.41, 5.74) is 0. The number of hydrogen-bond donors (Lipinski definition) is 1. The maximum absolute atomic E-state index is 4.53. The highest BCUT2D eigenvalue weighted by atomic mass is 32.1. The van der Waals surface area contributed by atoms with Crippen LogP contribution in [0.4, 0.5) is 0 Å². The molecule has 0 nitrogen and oxygen atoms in total. The van der Waals surface area contributed by atoms with E-state index >= 15 is 0 Å². The summed E-state index contributed by atoms with van der Waals surface area (Å²) in [5, 5.41) is 0.617. The second-order valence-electron chi connectivity index (χ2n) is 3.66. The molecule has 0 aromatic rings. The van der Waals surface area contributed by atoms with Crippen molar-refractivity contribution in [2.75, 3.05) is 0 Å². The van der Waals surface area contributed by atoms with E-state index in [1.165, 1.54) is 32.1 Å². The average molecular weight is 174 g/mol. The molecule has 0 amide bonds. The topological polar surface area (TPSA) is 0 Å². The molecule has 0 heterocycles. The first-order chi connectivity index (χ1) is 5.18. The van der Waals surface area contributed by atoms with Crippen LogP contribution in [0.5, 0.6) is 0 Å². The van der Waals surface area contributed by atoms with Crippen LogP contribution < -0.4 is 0 Å². The molecule has 0 aliphatic rings. The minimum atomic E-state index is 0.617. The van der Waals surface area contributed by atoms with Gasteiger partial charge < -0.3 is 0 Å². The third kappa shape index (κ3) is 6.74. The smallest absolute Gasteiger partial charge is 0.00398 e. The molecule has 1 atom stereocenters. The van der Waals surface area contributed by atoms with Crippen molar-refractivity contribution in [2.45, 2.75) is 58.1 Å². The van der Waals surface area contributed by atoms with E-state index in [9.17, 15) is 0 Å². The van der Waals surface area contributed by atoms with Crippen LogP contribution in [0.25, 0.3) is 0 Å². The van der Waals surface area contributed by atoms with Gasteiger partial charge in [0.15, 0.2) is 0 Å². The first-order valence-corrected chi connectivity index (χ1v) is 5.38. The van der Waals surface area contributed by atoms with Crippen molar-refractivity contribution in [1.29, 1.82) is 0 Å². The van der Waals surface area contributed by atoms with Crippen molar-refractivity contribution in [1.82, 2.24) is 0 Å². The molecule has 0 aliphatic carbocycles. The van der Waals surface area contributed by atoms with Crippen LogP contribution in [0.15, 0.2) is 0 Å². The standard InChI is InChI=1S/C10H22S/c1-4-5-6-7-8-10(11)9(2)3/h9-11H,4-8H2,1-3H3. The van der Waals surface area contributed by atoms with Gasteiger partial charge >= 0.3 is 0 Å². The molecule has 0 aromatic heterocycles. The highest BCUT2D eigenvalue weighted by molar-refractivity contribution is 7.81. The van der Waals surface area contributed by atoms with Crippen molar-refractivity contribution in [3.63, 3.8) is 0 Å². The van der Waals surface area contributed by atoms with Gasteiger partial charge in [-0.05, 0) is 12.3 Å². The molecule has 1 heteroatoms. The van der Waals surface area contributed by atoms with Crippen LogP contribution in [0.1, 0.15) is 52.9 Å². The highest BCUT2D eigenvalue weighted by Gasteiger charge is 2.06. The Morgan fingerprint density at radius 1 is 1.09 bits per heavy atom. The number of unbranched alkanes of at least 4 members (excludes halogenated alkanes) is 3. The van der Waals surface area contributed by atoms with Gasteiger partial charge in [0, 0.05) is 5.25 Å². The first-order valence-electron chi connectivity index (χ1n) is 4.86. The SMILES string of the molecule is CCCCCCC(S)C(C)C. The number of hydrogen-bond acceptors (Lipinski definition) is 1. The maximum Gasteiger partial charge on any atom is 0.00398 e. The third-order valence-electron chi connectivity index (χ3n) is 2.12. The second kappa shape index (κ2) is 7.02. The van der Waals surface area contributed by atoms with E-state index in [-0.39, 0.29) is 0 Å². The molecule has 0 rings (SSSR count). The van der Waals surface area contributed by atoms with Gasteiger partial charge in [0.05, 0.1) is 0 Å². The van der Waals surface area contributed by atoms with Crippen molar-refractivity contribution in [3.8, 4) is 0 Å². The summed E-state index contributed by atoms with van der Waals surface area (Å²) in [5.74, 6) is 0.736. The summed E-state index contributed by atoms with van der Waals surface area (Å²) in [6, 6.07) is 0. The Hall–Kier alpha value is 0.350. The lowest BCUT2D eigenvalue weighted by Gasteiger charge is -2.13. The molecule has 0 aromatic carbocycles. The van der Waals surface area contributed by atoms with E-state index in [0.29, 0.717) is 5.25 Å². The van der Waals surface area contributed by atoms with Crippen LogP contribution in [-0.4, -0.2) is 5.25 Å². The Morgan fingerprint density at radius 3 is 2.18 bits per heavy atom. The third-order valence-corrected chi connectivity index (χ3v) is 2.98. The zero-order chi connectivity index (χ0) is 8.69. The first kappa shape index (κ1) is 11.4. The van der Waals surface area contributed by atoms with Gasteiger partial charge in [-0.15, -0.1) is 0 Å². The molecule has 0 aliphatic heterocycles. The molecule has 0 radical (unpaired) electrons. The lowest BCUT2D eigenvalue weighted by Crippen LogP contribution is -2.07. The van der Waals surface area contributed by atoms with E-state index in [2.05, 4.69) is 33.4 Å². The lowest BCUT2D eigenvalue weighted by atomic mass is 10.0. The number of thiol groups is 1. The molecule has 0 spiro atoms. The molecule has 0 saturated carbocycles. The van der Waals surface area contributed by atoms with E-state index in [1.807, 2.05) is 0 Å². The molecule has 11 heavy (non-hydrogen) atoms. The second-order valence-corrected chi connectivity index (χ2v) is 4.32. The minimum Gasteiger partial charge on any atom is -0.176 e. The molecule has 0 bridgehead atoms. The Balaban J connectivity index is 3.10. The van der Waals surface area contributed by atoms with Gasteiger partial charge in [-0.1, -0.05) is 46.5 Å². The summed E-state index contributed by atoms with van der Waals surface area (Å²) in [6.07, 6.45) is 6.76. The van der Waals surface area contributed by atoms with Crippen LogP contribution >= 0.6 is 12.6 Å². The summed E-state index contributed by atoms with van der Waals surface area (Å²) in [7, 11) is 0. The predicted octanol–water partition coefficient (Wildman–Crippen LogP) is 3.91. The fraction of sp³-hybridized carbons (Fsp3) is 1.00. The monoisotopic (exact) mass is 174 g/mol. The Labute approximate surface area is 77.2 Å². The normalized spacial score (nSPS) is 13.9. The van der Waals surface area contributed by atoms with Crippen molar-refractivity contribution < 1.29 is 0 Å². The van der Waals surface area contributed by atoms with Gasteiger partial charge in [0.25, 0.3) is 0 Å². The van der Waals surface area contributed by atoms with Gasteiger partial charge in [-0.25, -0.2) is 0 Å². The van der Waals surface area contributed by atoms with E-state index in [0.717, 1.165) is 5.92 Å². The minimum absolute atomic E-state index is 0.617. The van der Waals surface area contributed by atoms with Crippen LogP contribution in [-0.2, 0) is 0 Å². The molecule has 0 N–H and O–H groups in total. The Morgan fingerprint density at radius 2 is 1.73 bits per heavy atom. The largest absolute Gasteiger partial charge is 0.176 e. The molecular weight excluding hydrogens is 152 g/mol. The lowest BCUT2D eigenvalue weighted by molar-refractivity contribution is 0.535. The average Bonchev–Trinajstić information content (AvgIpc) is 1.97. The predicted molar refractivity (Wildman–Crippen MR) is 56.4 cm³/mol. The van der Waals surface area contributed by atoms with Crippen molar-refractivity contribution in [3.05, 3.63) is 0 Å². The fourth-order valence-electron chi connectivity index (χ4n) is 1.11. The highest BCUT2D eigenvalue weighted by Crippen LogP contribution is 2.16. The summed E-state index contributed by atoms with van der Waals surface area (Å²) >= 11 is 4.53. The maximum atomic E-state index is 4.53. The fourth-order valence-corrected chi connectivity index (χ4v) is 1.30. The van der Waals surface area contributed by atoms with Crippen LogP contribution in [0, 0.1) is 5.92 Å². The molecule has 1 unspecified atom stereocenters. The quantitative estimate of drug-likeness (QED) is 0.458. The molecule has 68 valence electrons. The Kier molecular flexibility index (Phi) is 7.25. The summed E-state index contributed by atoms with van der Waals surface area (Å²) in [4.78, 5) is 0. The zero-order valence-corrected chi connectivity index (χ0v) is 9.03. The summed E-state index contributed by atoms with van der Waals surface area (Å²) < 4.78 is 0. The molecule has 0 fully saturated rings. The Bertz CT molecular complexity index is 78.9. The summed E-state index contributed by atoms with van der Waals surface area (Å²) in [6.45, 7) is 6.75. The van der Waals surface area contributed by atoms with Gasteiger partial charge in [0.2, 0.25) is 0 Å². The van der Waals surface area contributed by atoms with Gasteiger partial charge in [0.1, 0.15) is 0 Å². The van der Waals surface area contributed by atoms with E-state index in [4.69, 9.17) is 0 Å². The van der Waals surface area contributed by atoms with Gasteiger partial charge in [-0.2, -0.15) is 12.6 Å². The van der Waals surface area contributed by atoms with Crippen molar-refractivity contribution in [2.24, 2.45) is 5.92 Å². The van der Waals surface area contributed by atoms with E-state index < -0.39 is 0 Å². The van der Waals surface area contributed by atoms with Crippen LogP contribution in [0.2, 0.25) is 0 Å². The van der Waals surface area contributed by atoms with E-state index in [1.54, 1.807) is 0 Å². The van der Waals surface area contributed by atoms with Gasteiger partial charge in [-0.3, -0.25) is 0 Å². The zero-order valence-electron chi connectivity index (χ0n) is 8.14. The molecular formula is C10H22S. The van der Waals surface area contributed by atoms with Crippen molar-refractivity contribution >= 4 is 12.6 Å². The van der Waals surface area contributed by atoms with Crippen LogP contribution in [0.3, 0.4) is 0 Å². The number of rotatable bonds is 6. The molecule has 0 saturated heterocycles.